The summed E-state index contributed by atoms with van der Waals surface area (Å²) in [6.07, 6.45) is 1.76. The molecule has 1 aliphatic heterocycles. The van der Waals surface area contributed by atoms with E-state index in [4.69, 9.17) is 0 Å². The van der Waals surface area contributed by atoms with Gasteiger partial charge in [0.1, 0.15) is 0 Å². The highest BCUT2D eigenvalue weighted by molar-refractivity contribution is 5.78. The van der Waals surface area contributed by atoms with Gasteiger partial charge in [-0.2, -0.15) is 0 Å². The normalized spacial score (nSPS) is 14.0. The first-order chi connectivity index (χ1) is 8.25. The molecule has 2 heterocycles. The summed E-state index contributed by atoms with van der Waals surface area (Å²) >= 11 is 0. The summed E-state index contributed by atoms with van der Waals surface area (Å²) in [6, 6.07) is 11.0. The molecule has 4 nitrogen and oxygen atoms in total. The highest BCUT2D eigenvalue weighted by Gasteiger charge is 2.05. The third-order valence-corrected chi connectivity index (χ3v) is 2.54. The van der Waals surface area contributed by atoms with Crippen LogP contribution in [0, 0.1) is 0 Å². The summed E-state index contributed by atoms with van der Waals surface area (Å²) in [4.78, 5) is 23.7. The number of carbonyl (C=O) groups is 1. The van der Waals surface area contributed by atoms with Crippen molar-refractivity contribution in [2.75, 3.05) is 6.54 Å². The van der Waals surface area contributed by atoms with Gasteiger partial charge in [0, 0.05) is 24.5 Å². The number of H-pyrrole nitrogens is 1. The minimum absolute atomic E-state index is 0.0521. The smallest absolute Gasteiger partial charge is 0.248 e. The van der Waals surface area contributed by atoms with Crippen LogP contribution in [0.5, 0.6) is 0 Å². The fraction of sp³-hybridized carbons (Fsp3) is 0.231. The number of pyridine rings is 1. The van der Waals surface area contributed by atoms with E-state index in [-0.39, 0.29) is 11.5 Å². The predicted molar refractivity (Wildman–Crippen MR) is 66.8 cm³/mol. The molecule has 0 unspecified atom stereocenters. The van der Waals surface area contributed by atoms with Crippen LogP contribution in [0.3, 0.4) is 0 Å². The maximum atomic E-state index is 10.8. The Labute approximate surface area is 98.7 Å². The highest BCUT2D eigenvalue weighted by Crippen LogP contribution is 2.06. The molecule has 1 amide bonds. The number of fused-ring (bicyclic) bond motifs is 1. The van der Waals surface area contributed by atoms with Crippen molar-refractivity contribution >= 4 is 16.8 Å². The molecule has 0 spiro atoms. The zero-order valence-electron chi connectivity index (χ0n) is 9.40. The van der Waals surface area contributed by atoms with Crippen molar-refractivity contribution in [3.63, 3.8) is 0 Å². The summed E-state index contributed by atoms with van der Waals surface area (Å²) in [6.45, 7) is 0.888. The van der Waals surface area contributed by atoms with E-state index in [1.54, 1.807) is 0 Å². The fourth-order valence-corrected chi connectivity index (χ4v) is 1.66. The molecule has 17 heavy (non-hydrogen) atoms. The number of nitrogens with one attached hydrogen (secondary N) is 2. The zero-order chi connectivity index (χ0) is 12.1. The number of carbonyl (C=O) groups excluding carboxylic acids is 1. The Balaban J connectivity index is 0.000000153. The molecule has 1 saturated heterocycles. The topological polar surface area (TPSA) is 62.0 Å². The lowest BCUT2D eigenvalue weighted by Crippen LogP contribution is -2.12. The first kappa shape index (κ1) is 11.4. The third-order valence-electron chi connectivity index (χ3n) is 2.54. The van der Waals surface area contributed by atoms with E-state index in [9.17, 15) is 9.59 Å². The molecule has 0 bridgehead atoms. The minimum atomic E-state index is -0.0521. The summed E-state index contributed by atoms with van der Waals surface area (Å²) in [5.74, 6) is 0.204. The Morgan fingerprint density at radius 2 is 1.82 bits per heavy atom. The minimum Gasteiger partial charge on any atom is -0.356 e. The van der Waals surface area contributed by atoms with Crippen molar-refractivity contribution in [1.82, 2.24) is 10.3 Å². The molecule has 0 saturated carbocycles. The van der Waals surface area contributed by atoms with Crippen LogP contribution in [0.15, 0.2) is 41.2 Å². The average molecular weight is 230 g/mol. The van der Waals surface area contributed by atoms with E-state index in [1.807, 2.05) is 30.3 Å². The maximum absolute atomic E-state index is 10.8. The van der Waals surface area contributed by atoms with Gasteiger partial charge in [-0.3, -0.25) is 9.59 Å². The second-order valence-electron chi connectivity index (χ2n) is 3.86. The van der Waals surface area contributed by atoms with Gasteiger partial charge in [0.2, 0.25) is 11.5 Å². The molecule has 2 N–H and O–H groups in total. The fourth-order valence-electron chi connectivity index (χ4n) is 1.66. The van der Waals surface area contributed by atoms with Gasteiger partial charge in [-0.05, 0) is 23.9 Å². The van der Waals surface area contributed by atoms with Crippen molar-refractivity contribution < 1.29 is 4.79 Å². The molecule has 0 aliphatic carbocycles. The molecule has 2 aromatic rings. The summed E-state index contributed by atoms with van der Waals surface area (Å²) < 4.78 is 0. The Kier molecular flexibility index (Phi) is 3.55. The standard InChI is InChI=1S/C9H7NO.C4H7NO/c11-9-6-5-7-3-1-2-4-8(7)10-9;6-4-2-1-3-5-4/h1-6H,(H,10,11);1-3H2,(H,5,6). The van der Waals surface area contributed by atoms with Gasteiger partial charge in [-0.25, -0.2) is 0 Å². The molecule has 1 aromatic heterocycles. The van der Waals surface area contributed by atoms with Crippen LogP contribution >= 0.6 is 0 Å². The van der Waals surface area contributed by atoms with Crippen molar-refractivity contribution in [1.29, 1.82) is 0 Å². The Bertz CT molecular complexity index is 567. The van der Waals surface area contributed by atoms with E-state index in [0.29, 0.717) is 0 Å². The first-order valence-corrected chi connectivity index (χ1v) is 5.60. The molecule has 0 atom stereocenters. The van der Waals surface area contributed by atoms with Gasteiger partial charge >= 0.3 is 0 Å². The number of aromatic nitrogens is 1. The van der Waals surface area contributed by atoms with Gasteiger partial charge in [-0.1, -0.05) is 18.2 Å². The van der Waals surface area contributed by atoms with Crippen LogP contribution in [0.1, 0.15) is 12.8 Å². The van der Waals surface area contributed by atoms with E-state index < -0.39 is 0 Å². The summed E-state index contributed by atoms with van der Waals surface area (Å²) in [5.41, 5.74) is 0.837. The van der Waals surface area contributed by atoms with Crippen LogP contribution in [-0.4, -0.2) is 17.4 Å². The monoisotopic (exact) mass is 230 g/mol. The number of amides is 1. The van der Waals surface area contributed by atoms with Crippen molar-refractivity contribution in [3.8, 4) is 0 Å². The number of hydrogen-bond acceptors (Lipinski definition) is 2. The Hall–Kier alpha value is -2.10. The van der Waals surface area contributed by atoms with Gasteiger partial charge in [-0.15, -0.1) is 0 Å². The van der Waals surface area contributed by atoms with Gasteiger partial charge < -0.3 is 10.3 Å². The Morgan fingerprint density at radius 3 is 2.47 bits per heavy atom. The molecule has 1 aromatic carbocycles. The zero-order valence-corrected chi connectivity index (χ0v) is 9.40. The number of aromatic amines is 1. The quantitative estimate of drug-likeness (QED) is 0.719. The Morgan fingerprint density at radius 1 is 1.00 bits per heavy atom. The van der Waals surface area contributed by atoms with Crippen molar-refractivity contribution in [2.45, 2.75) is 12.8 Å². The lowest BCUT2D eigenvalue weighted by molar-refractivity contribution is -0.119. The van der Waals surface area contributed by atoms with E-state index in [0.717, 1.165) is 30.3 Å². The summed E-state index contributed by atoms with van der Waals surface area (Å²) in [7, 11) is 0. The van der Waals surface area contributed by atoms with Crippen LogP contribution < -0.4 is 10.9 Å². The van der Waals surface area contributed by atoms with Gasteiger partial charge in [0.05, 0.1) is 0 Å². The largest absolute Gasteiger partial charge is 0.356 e. The molecule has 1 aliphatic rings. The van der Waals surface area contributed by atoms with Crippen LogP contribution in [0.4, 0.5) is 0 Å². The van der Waals surface area contributed by atoms with Crippen LogP contribution in [0.25, 0.3) is 10.9 Å². The van der Waals surface area contributed by atoms with Crippen LogP contribution in [-0.2, 0) is 4.79 Å². The SMILES string of the molecule is O=C1CCCN1.O=c1ccc2ccccc2[nH]1. The average Bonchev–Trinajstić information content (AvgIpc) is 2.81. The second-order valence-corrected chi connectivity index (χ2v) is 3.86. The lowest BCUT2D eigenvalue weighted by Gasteiger charge is -1.93. The number of hydrogen-bond donors (Lipinski definition) is 2. The number of para-hydroxylation sites is 1. The molecule has 4 heteroatoms. The van der Waals surface area contributed by atoms with E-state index >= 15 is 0 Å². The molecule has 3 rings (SSSR count). The molecule has 1 fully saturated rings. The predicted octanol–water partition coefficient (Wildman–Crippen LogP) is 1.42. The number of benzene rings is 1. The first-order valence-electron chi connectivity index (χ1n) is 5.60. The van der Waals surface area contributed by atoms with Crippen LogP contribution in [0.2, 0.25) is 0 Å². The maximum Gasteiger partial charge on any atom is 0.248 e. The molecule has 88 valence electrons. The second kappa shape index (κ2) is 5.30. The van der Waals surface area contributed by atoms with E-state index in [1.165, 1.54) is 6.07 Å². The highest BCUT2D eigenvalue weighted by atomic mass is 16.1. The lowest BCUT2D eigenvalue weighted by atomic mass is 10.2. The molecular formula is C13H14N2O2. The van der Waals surface area contributed by atoms with Crippen molar-refractivity contribution in [2.24, 2.45) is 0 Å². The van der Waals surface area contributed by atoms with E-state index in [2.05, 4.69) is 10.3 Å². The molecular weight excluding hydrogens is 216 g/mol. The summed E-state index contributed by atoms with van der Waals surface area (Å²) in [5, 5.41) is 3.74. The third kappa shape index (κ3) is 3.17. The molecule has 0 radical (unpaired) electrons. The number of rotatable bonds is 0. The van der Waals surface area contributed by atoms with Gasteiger partial charge in [0.15, 0.2) is 0 Å². The van der Waals surface area contributed by atoms with Gasteiger partial charge in [0.25, 0.3) is 0 Å². The van der Waals surface area contributed by atoms with Crippen molar-refractivity contribution in [3.05, 3.63) is 46.8 Å².